The minimum Gasteiger partial charge on any atom is -0.494 e. The van der Waals surface area contributed by atoms with Crippen LogP contribution in [0.4, 0.5) is 0 Å². The number of rotatable bonds is 4. The van der Waals surface area contributed by atoms with E-state index in [1.165, 1.54) is 0 Å². The van der Waals surface area contributed by atoms with Gasteiger partial charge in [0.25, 0.3) is 0 Å². The van der Waals surface area contributed by atoms with Crippen LogP contribution in [0.15, 0.2) is 36.7 Å². The standard InChI is InChI=1S/C20H19Cl2N5O/c1-11-15(8-23)18(14-4-3-12(21)7-16(14)22)19-17(24-11)10-27(20(19)28)9-13-5-6-26(2)25-13/h3-7,10,28H,8-9,23H2,1-2H3. The van der Waals surface area contributed by atoms with Gasteiger partial charge in [-0.3, -0.25) is 9.67 Å². The Balaban J connectivity index is 1.98. The minimum absolute atomic E-state index is 0.101. The van der Waals surface area contributed by atoms with E-state index in [2.05, 4.69) is 10.1 Å². The van der Waals surface area contributed by atoms with Gasteiger partial charge in [-0.15, -0.1) is 0 Å². The fraction of sp³-hybridized carbons (Fsp3) is 0.200. The van der Waals surface area contributed by atoms with Gasteiger partial charge >= 0.3 is 0 Å². The lowest BCUT2D eigenvalue weighted by Crippen LogP contribution is -2.04. The van der Waals surface area contributed by atoms with E-state index in [9.17, 15) is 5.11 Å². The van der Waals surface area contributed by atoms with Crippen molar-refractivity contribution in [3.05, 3.63) is 63.7 Å². The average molecular weight is 416 g/mol. The summed E-state index contributed by atoms with van der Waals surface area (Å²) in [5.41, 5.74) is 10.7. The maximum Gasteiger partial charge on any atom is 0.201 e. The molecule has 0 radical (unpaired) electrons. The molecular weight excluding hydrogens is 397 g/mol. The van der Waals surface area contributed by atoms with Crippen molar-refractivity contribution in [3.8, 4) is 17.0 Å². The third kappa shape index (κ3) is 3.13. The molecule has 8 heteroatoms. The third-order valence-corrected chi connectivity index (χ3v) is 5.36. The molecule has 0 bridgehead atoms. The lowest BCUT2D eigenvalue weighted by atomic mass is 9.95. The average Bonchev–Trinajstić information content (AvgIpc) is 3.18. The SMILES string of the molecule is Cc1nc2cn(Cc3ccn(C)n3)c(O)c2c(-c2ccc(Cl)cc2Cl)c1CN. The van der Waals surface area contributed by atoms with Crippen LogP contribution < -0.4 is 5.73 Å². The normalized spacial score (nSPS) is 11.5. The van der Waals surface area contributed by atoms with E-state index in [4.69, 9.17) is 28.9 Å². The predicted octanol–water partition coefficient (Wildman–Crippen LogP) is 4.26. The number of hydrogen-bond donors (Lipinski definition) is 2. The number of aromatic nitrogens is 4. The Labute approximate surface area is 172 Å². The number of benzene rings is 1. The number of nitrogens with two attached hydrogens (primary N) is 1. The van der Waals surface area contributed by atoms with Crippen LogP contribution in [-0.4, -0.2) is 24.4 Å². The lowest BCUT2D eigenvalue weighted by molar-refractivity contribution is 0.429. The summed E-state index contributed by atoms with van der Waals surface area (Å²) in [5, 5.41) is 17.1. The highest BCUT2D eigenvalue weighted by Crippen LogP contribution is 2.42. The lowest BCUT2D eigenvalue weighted by Gasteiger charge is -2.14. The van der Waals surface area contributed by atoms with Gasteiger partial charge in [-0.05, 0) is 30.7 Å². The zero-order chi connectivity index (χ0) is 20.0. The highest BCUT2D eigenvalue weighted by atomic mass is 35.5. The summed E-state index contributed by atoms with van der Waals surface area (Å²) in [6.07, 6.45) is 3.68. The molecule has 0 aliphatic rings. The maximum atomic E-state index is 11.0. The number of aromatic hydroxyl groups is 1. The molecule has 0 atom stereocenters. The second-order valence-corrected chi connectivity index (χ2v) is 7.54. The van der Waals surface area contributed by atoms with E-state index >= 15 is 0 Å². The molecule has 0 fully saturated rings. The van der Waals surface area contributed by atoms with Crippen molar-refractivity contribution in [2.24, 2.45) is 12.8 Å². The zero-order valence-corrected chi connectivity index (χ0v) is 17.0. The second kappa shape index (κ2) is 7.13. The molecule has 0 saturated carbocycles. The Morgan fingerprint density at radius 2 is 2.00 bits per heavy atom. The van der Waals surface area contributed by atoms with Crippen LogP contribution >= 0.6 is 23.2 Å². The van der Waals surface area contributed by atoms with Crippen molar-refractivity contribution in [3.63, 3.8) is 0 Å². The summed E-state index contributed by atoms with van der Waals surface area (Å²) in [5.74, 6) is 0.101. The first kappa shape index (κ1) is 18.8. The number of pyridine rings is 1. The molecule has 0 aliphatic heterocycles. The van der Waals surface area contributed by atoms with E-state index in [1.807, 2.05) is 38.5 Å². The van der Waals surface area contributed by atoms with E-state index in [-0.39, 0.29) is 12.4 Å². The molecule has 0 amide bonds. The van der Waals surface area contributed by atoms with Crippen molar-refractivity contribution in [1.29, 1.82) is 0 Å². The van der Waals surface area contributed by atoms with Crippen molar-refractivity contribution in [1.82, 2.24) is 19.3 Å². The molecule has 4 aromatic rings. The number of hydrogen-bond acceptors (Lipinski definition) is 4. The summed E-state index contributed by atoms with van der Waals surface area (Å²) in [7, 11) is 1.86. The molecule has 3 heterocycles. The molecule has 6 nitrogen and oxygen atoms in total. The van der Waals surface area contributed by atoms with Crippen LogP contribution in [0.1, 0.15) is 17.0 Å². The number of fused-ring (bicyclic) bond motifs is 1. The highest BCUT2D eigenvalue weighted by Gasteiger charge is 2.22. The largest absolute Gasteiger partial charge is 0.494 e. The topological polar surface area (TPSA) is 81.9 Å². The second-order valence-electron chi connectivity index (χ2n) is 6.70. The van der Waals surface area contributed by atoms with Crippen LogP contribution in [0.25, 0.3) is 22.0 Å². The zero-order valence-electron chi connectivity index (χ0n) is 15.4. The van der Waals surface area contributed by atoms with Crippen LogP contribution in [0.2, 0.25) is 10.0 Å². The Hall–Kier alpha value is -2.54. The van der Waals surface area contributed by atoms with Gasteiger partial charge < -0.3 is 15.4 Å². The number of halogens is 2. The van der Waals surface area contributed by atoms with Gasteiger partial charge in [0.05, 0.1) is 23.1 Å². The molecule has 28 heavy (non-hydrogen) atoms. The summed E-state index contributed by atoms with van der Waals surface area (Å²) in [6, 6.07) is 7.20. The van der Waals surface area contributed by atoms with Crippen LogP contribution in [0.3, 0.4) is 0 Å². The molecule has 3 aromatic heterocycles. The summed E-state index contributed by atoms with van der Waals surface area (Å²) < 4.78 is 3.45. The molecule has 0 aliphatic carbocycles. The fourth-order valence-electron chi connectivity index (χ4n) is 3.52. The maximum absolute atomic E-state index is 11.0. The fourth-order valence-corrected chi connectivity index (χ4v) is 4.02. The minimum atomic E-state index is 0.101. The van der Waals surface area contributed by atoms with Gasteiger partial charge in [0.2, 0.25) is 5.88 Å². The van der Waals surface area contributed by atoms with E-state index in [0.29, 0.717) is 27.5 Å². The smallest absolute Gasteiger partial charge is 0.201 e. The Morgan fingerprint density at radius 3 is 2.64 bits per heavy atom. The van der Waals surface area contributed by atoms with E-state index in [0.717, 1.165) is 28.1 Å². The predicted molar refractivity (Wildman–Crippen MR) is 112 cm³/mol. The third-order valence-electron chi connectivity index (χ3n) is 4.81. The van der Waals surface area contributed by atoms with Crippen LogP contribution in [0, 0.1) is 6.92 Å². The molecule has 1 aromatic carbocycles. The Morgan fingerprint density at radius 1 is 1.21 bits per heavy atom. The van der Waals surface area contributed by atoms with Crippen molar-refractivity contribution >= 4 is 34.1 Å². The Kier molecular flexibility index (Phi) is 4.79. The van der Waals surface area contributed by atoms with Gasteiger partial charge in [-0.25, -0.2) is 0 Å². The summed E-state index contributed by atoms with van der Waals surface area (Å²) in [6.45, 7) is 2.60. The van der Waals surface area contributed by atoms with Crippen LogP contribution in [-0.2, 0) is 20.1 Å². The van der Waals surface area contributed by atoms with Gasteiger partial charge in [0.15, 0.2) is 0 Å². The molecule has 0 saturated heterocycles. The van der Waals surface area contributed by atoms with Crippen molar-refractivity contribution in [2.75, 3.05) is 0 Å². The molecular formula is C20H19Cl2N5O. The quantitative estimate of drug-likeness (QED) is 0.521. The van der Waals surface area contributed by atoms with Gasteiger partial charge in [-0.2, -0.15) is 5.10 Å². The number of nitrogens with zero attached hydrogens (tertiary/aromatic N) is 4. The Bertz CT molecular complexity index is 1200. The highest BCUT2D eigenvalue weighted by molar-refractivity contribution is 6.36. The molecule has 0 unspecified atom stereocenters. The molecule has 3 N–H and O–H groups in total. The summed E-state index contributed by atoms with van der Waals surface area (Å²) in [4.78, 5) is 4.65. The first-order valence-corrected chi connectivity index (χ1v) is 9.50. The van der Waals surface area contributed by atoms with E-state index in [1.54, 1.807) is 21.4 Å². The molecule has 0 spiro atoms. The number of aryl methyl sites for hydroxylation is 2. The summed E-state index contributed by atoms with van der Waals surface area (Å²) >= 11 is 12.6. The van der Waals surface area contributed by atoms with Crippen molar-refractivity contribution in [2.45, 2.75) is 20.0 Å². The first-order valence-electron chi connectivity index (χ1n) is 8.74. The molecule has 144 valence electrons. The van der Waals surface area contributed by atoms with Crippen LogP contribution in [0.5, 0.6) is 5.88 Å². The first-order chi connectivity index (χ1) is 13.4. The van der Waals surface area contributed by atoms with Gasteiger partial charge in [0.1, 0.15) is 0 Å². The van der Waals surface area contributed by atoms with Gasteiger partial charge in [-0.1, -0.05) is 29.3 Å². The van der Waals surface area contributed by atoms with Crippen molar-refractivity contribution < 1.29 is 5.11 Å². The van der Waals surface area contributed by atoms with Gasteiger partial charge in [0, 0.05) is 52.9 Å². The van der Waals surface area contributed by atoms with E-state index < -0.39 is 0 Å². The molecule has 4 rings (SSSR count). The monoisotopic (exact) mass is 415 g/mol.